The van der Waals surface area contributed by atoms with Gasteiger partial charge in [0.2, 0.25) is 5.91 Å². The normalized spacial score (nSPS) is 37.9. The average molecular weight is 516 g/mol. The zero-order valence-electron chi connectivity index (χ0n) is 15.5. The quantitative estimate of drug-likeness (QED) is 0.415. The predicted octanol–water partition coefficient (Wildman–Crippen LogP) is -0.0589. The second-order valence-electron chi connectivity index (χ2n) is 7.67. The number of benzene rings is 1. The zero-order valence-corrected chi connectivity index (χ0v) is 17.6. The Hall–Kier alpha value is -1.31. The van der Waals surface area contributed by atoms with E-state index < -0.39 is 41.8 Å². The lowest BCUT2D eigenvalue weighted by molar-refractivity contribution is -0.201. The minimum Gasteiger partial charge on any atom is -0.458 e. The van der Waals surface area contributed by atoms with Crippen molar-refractivity contribution < 1.29 is 33.7 Å². The van der Waals surface area contributed by atoms with Crippen LogP contribution in [0.4, 0.5) is 0 Å². The molecule has 1 amide bonds. The van der Waals surface area contributed by atoms with Crippen LogP contribution in [-0.4, -0.2) is 72.4 Å². The number of rotatable bonds is 5. The van der Waals surface area contributed by atoms with Crippen LogP contribution < -0.4 is 5.32 Å². The highest BCUT2D eigenvalue weighted by atomic mass is 127. The standard InChI is InChI=1S/C19H21IN2O7/c20-11-4-2-1-3-10(11)8-22-15-17(24)28-12-7-19(15,18(25)21-5-6-23)16(29-22)14-13(12)26-9-27-14/h1-4,12-16,23H,5-9H2,(H,21,25)/t12-,13+,14+,15+,16-,19+/m1/s1. The second-order valence-corrected chi connectivity index (χ2v) is 8.84. The lowest BCUT2D eigenvalue weighted by atomic mass is 9.62. The third kappa shape index (κ3) is 2.92. The van der Waals surface area contributed by atoms with E-state index in [1.165, 1.54) is 0 Å². The van der Waals surface area contributed by atoms with Crippen LogP contribution in [0.25, 0.3) is 0 Å². The molecule has 5 rings (SSSR count). The van der Waals surface area contributed by atoms with Gasteiger partial charge in [0, 0.05) is 16.5 Å². The molecule has 9 nitrogen and oxygen atoms in total. The number of halogens is 1. The van der Waals surface area contributed by atoms with E-state index >= 15 is 0 Å². The third-order valence-electron chi connectivity index (χ3n) is 6.18. The van der Waals surface area contributed by atoms with Crippen LogP contribution in [0.5, 0.6) is 0 Å². The Bertz CT molecular complexity index is 839. The van der Waals surface area contributed by atoms with Crippen molar-refractivity contribution in [2.24, 2.45) is 5.41 Å². The molecule has 2 bridgehead atoms. The largest absolute Gasteiger partial charge is 0.458 e. The number of nitrogens with zero attached hydrogens (tertiary/aromatic N) is 1. The Morgan fingerprint density at radius 1 is 1.31 bits per heavy atom. The molecule has 29 heavy (non-hydrogen) atoms. The van der Waals surface area contributed by atoms with Crippen molar-refractivity contribution in [3.8, 4) is 0 Å². The highest BCUT2D eigenvalue weighted by Gasteiger charge is 2.74. The highest BCUT2D eigenvalue weighted by molar-refractivity contribution is 14.1. The molecular weight excluding hydrogens is 495 g/mol. The van der Waals surface area contributed by atoms with E-state index in [4.69, 9.17) is 24.2 Å². The summed E-state index contributed by atoms with van der Waals surface area (Å²) in [5, 5.41) is 13.5. The van der Waals surface area contributed by atoms with Crippen LogP contribution in [-0.2, 0) is 35.2 Å². The topological polar surface area (TPSA) is 107 Å². The van der Waals surface area contributed by atoms with Gasteiger partial charge >= 0.3 is 5.97 Å². The van der Waals surface area contributed by atoms with Crippen LogP contribution in [0.1, 0.15) is 12.0 Å². The van der Waals surface area contributed by atoms with Gasteiger partial charge in [-0.25, -0.2) is 0 Å². The number of aliphatic hydroxyl groups is 1. The summed E-state index contributed by atoms with van der Waals surface area (Å²) in [5.41, 5.74) is -0.183. The molecule has 0 unspecified atom stereocenters. The monoisotopic (exact) mass is 516 g/mol. The molecule has 1 aliphatic carbocycles. The first kappa shape index (κ1) is 19.6. The van der Waals surface area contributed by atoms with Gasteiger partial charge in [-0.3, -0.25) is 14.4 Å². The fourth-order valence-corrected chi connectivity index (χ4v) is 5.52. The number of ether oxygens (including phenoxy) is 3. The van der Waals surface area contributed by atoms with Crippen molar-refractivity contribution in [3.05, 3.63) is 33.4 Å². The summed E-state index contributed by atoms with van der Waals surface area (Å²) >= 11 is 2.23. The summed E-state index contributed by atoms with van der Waals surface area (Å²) in [5.74, 6) is -0.829. The molecule has 2 N–H and O–H groups in total. The number of hydrogen-bond acceptors (Lipinski definition) is 8. The van der Waals surface area contributed by atoms with Crippen molar-refractivity contribution in [1.82, 2.24) is 10.4 Å². The molecule has 0 aromatic heterocycles. The van der Waals surface area contributed by atoms with E-state index in [-0.39, 0.29) is 32.3 Å². The van der Waals surface area contributed by atoms with Crippen LogP contribution in [0.15, 0.2) is 24.3 Å². The minimum absolute atomic E-state index is 0.0683. The SMILES string of the molecule is O=C1O[C@@H]2C[C@@]3(C(=O)NCCO)[C@H](ON(Cc4ccccc4I)[C@@H]13)[C@H]1OCO[C@H]12. The van der Waals surface area contributed by atoms with Gasteiger partial charge in [0.1, 0.15) is 36.6 Å². The molecule has 0 spiro atoms. The van der Waals surface area contributed by atoms with Gasteiger partial charge in [-0.05, 0) is 34.2 Å². The molecule has 4 aliphatic rings. The number of esters is 1. The van der Waals surface area contributed by atoms with Crippen LogP contribution in [0.3, 0.4) is 0 Å². The molecule has 1 aromatic rings. The van der Waals surface area contributed by atoms with E-state index in [1.807, 2.05) is 24.3 Å². The second kappa shape index (κ2) is 7.43. The Balaban J connectivity index is 1.55. The zero-order chi connectivity index (χ0) is 20.2. The van der Waals surface area contributed by atoms with Crippen molar-refractivity contribution in [2.45, 2.75) is 43.4 Å². The van der Waals surface area contributed by atoms with Crippen molar-refractivity contribution in [1.29, 1.82) is 0 Å². The Labute approximate surface area is 180 Å². The molecule has 6 atom stereocenters. The van der Waals surface area contributed by atoms with Crippen molar-refractivity contribution in [3.63, 3.8) is 0 Å². The van der Waals surface area contributed by atoms with E-state index in [0.717, 1.165) is 9.13 Å². The van der Waals surface area contributed by atoms with Crippen molar-refractivity contribution in [2.75, 3.05) is 19.9 Å². The van der Waals surface area contributed by atoms with Gasteiger partial charge in [-0.15, -0.1) is 0 Å². The number of aliphatic hydroxyl groups excluding tert-OH is 1. The number of nitrogens with one attached hydrogen (secondary N) is 1. The van der Waals surface area contributed by atoms with Gasteiger partial charge in [0.15, 0.2) is 6.04 Å². The lowest BCUT2D eigenvalue weighted by Gasteiger charge is -2.48. The number of carbonyl (C=O) groups is 2. The Morgan fingerprint density at radius 3 is 2.90 bits per heavy atom. The molecule has 3 saturated heterocycles. The van der Waals surface area contributed by atoms with Crippen LogP contribution >= 0.6 is 22.6 Å². The molecule has 156 valence electrons. The molecular formula is C19H21IN2O7. The van der Waals surface area contributed by atoms with Crippen LogP contribution in [0, 0.1) is 8.99 Å². The highest BCUT2D eigenvalue weighted by Crippen LogP contribution is 2.55. The molecule has 3 heterocycles. The smallest absolute Gasteiger partial charge is 0.327 e. The van der Waals surface area contributed by atoms with Gasteiger partial charge < -0.3 is 24.6 Å². The number of hydroxylamine groups is 2. The van der Waals surface area contributed by atoms with Crippen molar-refractivity contribution >= 4 is 34.5 Å². The maximum absolute atomic E-state index is 13.3. The number of amides is 1. The fourth-order valence-electron chi connectivity index (χ4n) is 4.96. The maximum Gasteiger partial charge on any atom is 0.327 e. The van der Waals surface area contributed by atoms with E-state index in [2.05, 4.69) is 27.9 Å². The number of carbonyl (C=O) groups excluding carboxylic acids is 2. The lowest BCUT2D eigenvalue weighted by Crippen LogP contribution is -2.69. The van der Waals surface area contributed by atoms with Gasteiger partial charge in [-0.2, -0.15) is 5.06 Å². The average Bonchev–Trinajstić information content (AvgIpc) is 3.32. The van der Waals surface area contributed by atoms with Gasteiger partial charge in [-0.1, -0.05) is 18.2 Å². The molecule has 1 aromatic carbocycles. The van der Waals surface area contributed by atoms with Gasteiger partial charge in [0.25, 0.3) is 0 Å². The summed E-state index contributed by atoms with van der Waals surface area (Å²) in [7, 11) is 0. The summed E-state index contributed by atoms with van der Waals surface area (Å²) < 4.78 is 18.1. The molecule has 3 aliphatic heterocycles. The third-order valence-corrected chi connectivity index (χ3v) is 7.23. The number of hydrogen-bond donors (Lipinski definition) is 2. The molecule has 1 saturated carbocycles. The fraction of sp³-hybridized carbons (Fsp3) is 0.579. The minimum atomic E-state index is -1.16. The Kier molecular flexibility index (Phi) is 5.03. The summed E-state index contributed by atoms with van der Waals surface area (Å²) in [6.07, 6.45) is -1.92. The summed E-state index contributed by atoms with van der Waals surface area (Å²) in [4.78, 5) is 32.6. The molecule has 4 fully saturated rings. The number of fused-ring (bicyclic) bond motifs is 4. The first-order valence-electron chi connectivity index (χ1n) is 9.56. The molecule has 0 radical (unpaired) electrons. The van der Waals surface area contributed by atoms with E-state index in [0.29, 0.717) is 6.54 Å². The molecule has 10 heteroatoms. The Morgan fingerprint density at radius 2 is 2.10 bits per heavy atom. The van der Waals surface area contributed by atoms with E-state index in [1.54, 1.807) is 5.06 Å². The van der Waals surface area contributed by atoms with E-state index in [9.17, 15) is 9.59 Å². The first-order chi connectivity index (χ1) is 14.1. The van der Waals surface area contributed by atoms with Gasteiger partial charge in [0.05, 0.1) is 13.2 Å². The maximum atomic E-state index is 13.3. The summed E-state index contributed by atoms with van der Waals surface area (Å²) in [6, 6.07) is 6.89. The first-order valence-corrected chi connectivity index (χ1v) is 10.6. The predicted molar refractivity (Wildman–Crippen MR) is 105 cm³/mol. The summed E-state index contributed by atoms with van der Waals surface area (Å²) in [6.45, 7) is 0.303. The van der Waals surface area contributed by atoms with Crippen LogP contribution in [0.2, 0.25) is 0 Å².